The predicted octanol–water partition coefficient (Wildman–Crippen LogP) is 4.54. The normalized spacial score (nSPS) is 17.7. The van der Waals surface area contributed by atoms with Crippen LogP contribution in [0.3, 0.4) is 0 Å². The van der Waals surface area contributed by atoms with E-state index >= 15 is 0 Å². The van der Waals surface area contributed by atoms with Gasteiger partial charge in [-0.3, -0.25) is 15.7 Å². The van der Waals surface area contributed by atoms with Crippen LogP contribution in [0.2, 0.25) is 0 Å². The van der Waals surface area contributed by atoms with E-state index in [0.29, 0.717) is 18.1 Å². The van der Waals surface area contributed by atoms with Crippen molar-refractivity contribution in [3.63, 3.8) is 0 Å². The number of anilines is 1. The maximum atomic E-state index is 8.70. The highest BCUT2D eigenvalue weighted by Gasteiger charge is 2.25. The summed E-state index contributed by atoms with van der Waals surface area (Å²) in [6, 6.07) is 10.9. The first-order valence-corrected chi connectivity index (χ1v) is 12.6. The van der Waals surface area contributed by atoms with E-state index in [1.54, 1.807) is 0 Å². The molecule has 0 bridgehead atoms. The minimum Gasteiger partial charge on any atom is -0.369 e. The zero-order valence-electron chi connectivity index (χ0n) is 17.9. The number of aryl methyl sites for hydroxylation is 2. The predicted molar refractivity (Wildman–Crippen MR) is 130 cm³/mol. The summed E-state index contributed by atoms with van der Waals surface area (Å²) in [5.74, 6) is 2.04. The van der Waals surface area contributed by atoms with Gasteiger partial charge in [-0.05, 0) is 31.5 Å². The average molecular weight is 442 g/mol. The lowest BCUT2D eigenvalue weighted by atomic mass is 10.2. The number of benzene rings is 1. The lowest BCUT2D eigenvalue weighted by molar-refractivity contribution is 0.263. The molecule has 5 nitrogen and oxygen atoms in total. The van der Waals surface area contributed by atoms with E-state index in [9.17, 15) is 0 Å². The maximum absolute atomic E-state index is 8.70. The SMILES string of the molecule is CCc1cc2c(s1)SCCN(C(=N)CCN1CCN(c3ccc(C)cc3)CC1)C2=N. The van der Waals surface area contributed by atoms with Gasteiger partial charge < -0.3 is 9.80 Å². The van der Waals surface area contributed by atoms with Crippen LogP contribution >= 0.6 is 23.1 Å². The summed E-state index contributed by atoms with van der Waals surface area (Å²) in [6.45, 7) is 10.1. The number of amidine groups is 2. The monoisotopic (exact) mass is 441 g/mol. The van der Waals surface area contributed by atoms with Gasteiger partial charge in [0.25, 0.3) is 0 Å². The zero-order chi connectivity index (χ0) is 21.1. The van der Waals surface area contributed by atoms with Gasteiger partial charge in [0.1, 0.15) is 11.7 Å². The molecule has 0 aliphatic carbocycles. The summed E-state index contributed by atoms with van der Waals surface area (Å²) in [7, 11) is 0. The largest absolute Gasteiger partial charge is 0.369 e. The van der Waals surface area contributed by atoms with Crippen molar-refractivity contribution >= 4 is 40.5 Å². The average Bonchev–Trinajstić information content (AvgIpc) is 3.12. The van der Waals surface area contributed by atoms with E-state index in [1.807, 2.05) is 28.0 Å². The van der Waals surface area contributed by atoms with Crippen molar-refractivity contribution in [2.75, 3.05) is 49.9 Å². The summed E-state index contributed by atoms with van der Waals surface area (Å²) in [5.41, 5.74) is 3.63. The van der Waals surface area contributed by atoms with E-state index in [1.165, 1.54) is 20.3 Å². The van der Waals surface area contributed by atoms with Crippen LogP contribution in [-0.2, 0) is 6.42 Å². The van der Waals surface area contributed by atoms with Crippen LogP contribution in [-0.4, -0.2) is 66.5 Å². The number of nitrogens with zero attached hydrogens (tertiary/aromatic N) is 3. The van der Waals surface area contributed by atoms with Crippen molar-refractivity contribution in [3.05, 3.63) is 46.3 Å². The summed E-state index contributed by atoms with van der Waals surface area (Å²) in [4.78, 5) is 8.16. The summed E-state index contributed by atoms with van der Waals surface area (Å²) >= 11 is 3.65. The van der Waals surface area contributed by atoms with Gasteiger partial charge in [0.15, 0.2) is 0 Å². The number of hydrogen-bond acceptors (Lipinski definition) is 6. The topological polar surface area (TPSA) is 57.4 Å². The molecule has 160 valence electrons. The Morgan fingerprint density at radius 3 is 2.50 bits per heavy atom. The van der Waals surface area contributed by atoms with Gasteiger partial charge in [0.2, 0.25) is 0 Å². The minimum absolute atomic E-state index is 0.514. The van der Waals surface area contributed by atoms with E-state index in [4.69, 9.17) is 10.8 Å². The van der Waals surface area contributed by atoms with E-state index in [2.05, 4.69) is 54.0 Å². The number of rotatable bonds is 5. The van der Waals surface area contributed by atoms with Crippen molar-refractivity contribution in [3.8, 4) is 0 Å². The number of thioether (sulfide) groups is 1. The van der Waals surface area contributed by atoms with Crippen molar-refractivity contribution in [1.82, 2.24) is 9.80 Å². The molecule has 2 aromatic rings. The first kappa shape index (κ1) is 21.4. The zero-order valence-corrected chi connectivity index (χ0v) is 19.5. The molecule has 1 aromatic carbocycles. The smallest absolute Gasteiger partial charge is 0.135 e. The second-order valence-electron chi connectivity index (χ2n) is 7.98. The van der Waals surface area contributed by atoms with Gasteiger partial charge in [-0.2, -0.15) is 0 Å². The third kappa shape index (κ3) is 4.74. The first-order valence-electron chi connectivity index (χ1n) is 10.8. The van der Waals surface area contributed by atoms with Gasteiger partial charge >= 0.3 is 0 Å². The molecule has 1 aromatic heterocycles. The van der Waals surface area contributed by atoms with Crippen LogP contribution in [0.4, 0.5) is 5.69 Å². The van der Waals surface area contributed by atoms with Gasteiger partial charge in [0, 0.05) is 67.6 Å². The highest BCUT2D eigenvalue weighted by molar-refractivity contribution is 8.01. The quantitative estimate of drug-likeness (QED) is 0.528. The van der Waals surface area contributed by atoms with Gasteiger partial charge in [-0.1, -0.05) is 24.6 Å². The molecular weight excluding hydrogens is 410 g/mol. The standard InChI is InChI=1S/C23H31N5S2/c1-3-19-16-20-22(25)28(14-15-29-23(20)30-19)21(24)8-9-26-10-12-27(13-11-26)18-6-4-17(2)5-7-18/h4-7,16,24-25H,3,8-15H2,1-2H3. The fourth-order valence-electron chi connectivity index (χ4n) is 4.01. The fourth-order valence-corrected chi connectivity index (χ4v) is 6.41. The third-order valence-electron chi connectivity index (χ3n) is 5.93. The number of piperazine rings is 1. The lowest BCUT2D eigenvalue weighted by Gasteiger charge is -2.36. The van der Waals surface area contributed by atoms with Crippen LogP contribution in [0.5, 0.6) is 0 Å². The Bertz CT molecular complexity index is 897. The molecule has 2 N–H and O–H groups in total. The molecule has 7 heteroatoms. The third-order valence-corrected chi connectivity index (χ3v) is 8.48. The maximum Gasteiger partial charge on any atom is 0.135 e. The Labute approximate surface area is 188 Å². The molecule has 2 aliphatic heterocycles. The Kier molecular flexibility index (Phi) is 6.80. The van der Waals surface area contributed by atoms with Crippen LogP contribution in [0.1, 0.15) is 29.3 Å². The molecule has 0 amide bonds. The Hall–Kier alpha value is -1.83. The molecule has 0 saturated carbocycles. The molecule has 0 radical (unpaired) electrons. The molecular formula is C23H31N5S2. The summed E-state index contributed by atoms with van der Waals surface area (Å²) < 4.78 is 1.25. The fraction of sp³-hybridized carbons (Fsp3) is 0.478. The van der Waals surface area contributed by atoms with E-state index in [-0.39, 0.29) is 0 Å². The van der Waals surface area contributed by atoms with Crippen LogP contribution < -0.4 is 4.90 Å². The number of hydrogen-bond donors (Lipinski definition) is 2. The molecule has 4 rings (SSSR count). The molecule has 0 spiro atoms. The second kappa shape index (κ2) is 9.54. The number of nitrogens with one attached hydrogen (secondary N) is 2. The van der Waals surface area contributed by atoms with E-state index < -0.39 is 0 Å². The van der Waals surface area contributed by atoms with Crippen molar-refractivity contribution < 1.29 is 0 Å². The van der Waals surface area contributed by atoms with Gasteiger partial charge in [-0.15, -0.1) is 23.1 Å². The van der Waals surface area contributed by atoms with Crippen LogP contribution in [0.15, 0.2) is 34.5 Å². The van der Waals surface area contributed by atoms with Crippen LogP contribution in [0, 0.1) is 17.7 Å². The van der Waals surface area contributed by atoms with Crippen molar-refractivity contribution in [2.45, 2.75) is 30.9 Å². The molecule has 0 atom stereocenters. The Morgan fingerprint density at radius 2 is 1.80 bits per heavy atom. The molecule has 2 aliphatic rings. The number of thiophene rings is 1. The molecule has 3 heterocycles. The number of fused-ring (bicyclic) bond motifs is 1. The highest BCUT2D eigenvalue weighted by Crippen LogP contribution is 2.35. The Morgan fingerprint density at radius 1 is 1.07 bits per heavy atom. The van der Waals surface area contributed by atoms with E-state index in [0.717, 1.165) is 57.0 Å². The summed E-state index contributed by atoms with van der Waals surface area (Å²) in [6.07, 6.45) is 1.72. The van der Waals surface area contributed by atoms with Crippen LogP contribution in [0.25, 0.3) is 0 Å². The molecule has 30 heavy (non-hydrogen) atoms. The molecule has 1 saturated heterocycles. The highest BCUT2D eigenvalue weighted by atomic mass is 32.2. The van der Waals surface area contributed by atoms with Crippen molar-refractivity contribution in [1.29, 1.82) is 10.8 Å². The first-order chi connectivity index (χ1) is 14.5. The van der Waals surface area contributed by atoms with Gasteiger partial charge in [-0.25, -0.2) is 0 Å². The van der Waals surface area contributed by atoms with Crippen molar-refractivity contribution in [2.24, 2.45) is 0 Å². The Balaban J connectivity index is 1.29. The van der Waals surface area contributed by atoms with Gasteiger partial charge in [0.05, 0.1) is 4.21 Å². The minimum atomic E-state index is 0.514. The second-order valence-corrected chi connectivity index (χ2v) is 10.5. The molecule has 1 fully saturated rings. The lowest BCUT2D eigenvalue weighted by Crippen LogP contribution is -2.47. The molecule has 0 unspecified atom stereocenters. The summed E-state index contributed by atoms with van der Waals surface area (Å²) in [5, 5.41) is 17.4.